The molecule has 0 aromatic rings. The second kappa shape index (κ2) is 5.50. The molecular formula is C14H30N2. The largest absolute Gasteiger partial charge is 0.311 e. The molecule has 1 rings (SSSR count). The van der Waals surface area contributed by atoms with Crippen molar-refractivity contribution >= 4 is 0 Å². The van der Waals surface area contributed by atoms with E-state index >= 15 is 0 Å². The number of hydrogen-bond acceptors (Lipinski definition) is 2. The Balaban J connectivity index is 2.31. The van der Waals surface area contributed by atoms with Crippen LogP contribution in [0.5, 0.6) is 0 Å². The van der Waals surface area contributed by atoms with Crippen LogP contribution in [0.4, 0.5) is 0 Å². The summed E-state index contributed by atoms with van der Waals surface area (Å²) in [5.74, 6) is 1.75. The molecule has 1 fully saturated rings. The van der Waals surface area contributed by atoms with E-state index in [1.807, 2.05) is 0 Å². The maximum absolute atomic E-state index is 3.60. The molecule has 16 heavy (non-hydrogen) atoms. The number of likely N-dealkylation sites (tertiary alicyclic amines) is 1. The molecule has 0 bridgehead atoms. The summed E-state index contributed by atoms with van der Waals surface area (Å²) in [4.78, 5) is 2.64. The molecule has 0 aliphatic carbocycles. The molecule has 1 saturated heterocycles. The predicted molar refractivity (Wildman–Crippen MR) is 71.7 cm³/mol. The molecule has 0 aromatic carbocycles. The number of nitrogens with zero attached hydrogens (tertiary/aromatic N) is 1. The molecule has 1 heterocycles. The van der Waals surface area contributed by atoms with Gasteiger partial charge in [-0.05, 0) is 52.5 Å². The third-order valence-corrected chi connectivity index (χ3v) is 3.75. The fourth-order valence-electron chi connectivity index (χ4n) is 2.34. The SMILES string of the molecule is CC(C)C1CCN(C(C)CNC(C)(C)C)C1. The molecule has 0 radical (unpaired) electrons. The Bertz CT molecular complexity index is 205. The smallest absolute Gasteiger partial charge is 0.0192 e. The van der Waals surface area contributed by atoms with E-state index < -0.39 is 0 Å². The molecule has 96 valence electrons. The lowest BCUT2D eigenvalue weighted by Crippen LogP contribution is -2.45. The molecule has 2 heteroatoms. The van der Waals surface area contributed by atoms with Crippen LogP contribution in [0, 0.1) is 11.8 Å². The van der Waals surface area contributed by atoms with Crippen LogP contribution in [0.3, 0.4) is 0 Å². The van der Waals surface area contributed by atoms with Crippen molar-refractivity contribution in [2.75, 3.05) is 19.6 Å². The van der Waals surface area contributed by atoms with Gasteiger partial charge >= 0.3 is 0 Å². The van der Waals surface area contributed by atoms with Gasteiger partial charge in [-0.2, -0.15) is 0 Å². The van der Waals surface area contributed by atoms with Crippen LogP contribution in [-0.2, 0) is 0 Å². The maximum Gasteiger partial charge on any atom is 0.0192 e. The van der Waals surface area contributed by atoms with E-state index in [9.17, 15) is 0 Å². The first-order valence-corrected chi connectivity index (χ1v) is 6.78. The summed E-state index contributed by atoms with van der Waals surface area (Å²) < 4.78 is 0. The molecule has 0 amide bonds. The summed E-state index contributed by atoms with van der Waals surface area (Å²) in [5.41, 5.74) is 0.242. The summed E-state index contributed by atoms with van der Waals surface area (Å²) in [7, 11) is 0. The quantitative estimate of drug-likeness (QED) is 0.793. The zero-order valence-electron chi connectivity index (χ0n) is 12.0. The van der Waals surface area contributed by atoms with Crippen LogP contribution in [-0.4, -0.2) is 36.1 Å². The average Bonchev–Trinajstić information content (AvgIpc) is 2.61. The van der Waals surface area contributed by atoms with Gasteiger partial charge in [0, 0.05) is 24.7 Å². The highest BCUT2D eigenvalue weighted by Gasteiger charge is 2.28. The highest BCUT2D eigenvalue weighted by Crippen LogP contribution is 2.24. The normalized spacial score (nSPS) is 25.3. The Hall–Kier alpha value is -0.0800. The van der Waals surface area contributed by atoms with Gasteiger partial charge in [0.25, 0.3) is 0 Å². The summed E-state index contributed by atoms with van der Waals surface area (Å²) in [6.45, 7) is 17.5. The van der Waals surface area contributed by atoms with Crippen molar-refractivity contribution in [1.29, 1.82) is 0 Å². The Kier molecular flexibility index (Phi) is 4.81. The molecular weight excluding hydrogens is 196 g/mol. The lowest BCUT2D eigenvalue weighted by Gasteiger charge is -2.29. The molecule has 1 N–H and O–H groups in total. The topological polar surface area (TPSA) is 15.3 Å². The maximum atomic E-state index is 3.60. The van der Waals surface area contributed by atoms with Crippen LogP contribution in [0.2, 0.25) is 0 Å². The third kappa shape index (κ3) is 4.42. The van der Waals surface area contributed by atoms with Crippen molar-refractivity contribution < 1.29 is 0 Å². The third-order valence-electron chi connectivity index (χ3n) is 3.75. The van der Waals surface area contributed by atoms with Crippen molar-refractivity contribution in [3.8, 4) is 0 Å². The minimum absolute atomic E-state index is 0.242. The summed E-state index contributed by atoms with van der Waals surface area (Å²) in [6, 6.07) is 0.669. The molecule has 0 aromatic heterocycles. The molecule has 0 saturated carbocycles. The van der Waals surface area contributed by atoms with Crippen molar-refractivity contribution in [3.63, 3.8) is 0 Å². The molecule has 1 aliphatic heterocycles. The van der Waals surface area contributed by atoms with Gasteiger partial charge in [-0.3, -0.25) is 4.90 Å². The predicted octanol–water partition coefficient (Wildman–Crippen LogP) is 2.74. The summed E-state index contributed by atoms with van der Waals surface area (Å²) >= 11 is 0. The van der Waals surface area contributed by atoms with Crippen LogP contribution >= 0.6 is 0 Å². The van der Waals surface area contributed by atoms with Crippen LogP contribution < -0.4 is 5.32 Å². The summed E-state index contributed by atoms with van der Waals surface area (Å²) in [5, 5.41) is 3.60. The second-order valence-electron chi connectivity index (χ2n) is 6.77. The Morgan fingerprint density at radius 1 is 1.25 bits per heavy atom. The fraction of sp³-hybridized carbons (Fsp3) is 1.00. The average molecular weight is 226 g/mol. The Morgan fingerprint density at radius 3 is 2.31 bits per heavy atom. The van der Waals surface area contributed by atoms with Crippen molar-refractivity contribution in [2.45, 2.75) is 59.5 Å². The van der Waals surface area contributed by atoms with Gasteiger partial charge in [0.05, 0.1) is 0 Å². The standard InChI is InChI=1S/C14H30N2/c1-11(2)13-7-8-16(10-13)12(3)9-15-14(4,5)6/h11-13,15H,7-10H2,1-6H3. The second-order valence-corrected chi connectivity index (χ2v) is 6.77. The van der Waals surface area contributed by atoms with Gasteiger partial charge in [-0.15, -0.1) is 0 Å². The zero-order valence-corrected chi connectivity index (χ0v) is 12.0. The van der Waals surface area contributed by atoms with Crippen LogP contribution in [0.1, 0.15) is 48.0 Å². The van der Waals surface area contributed by atoms with E-state index in [0.29, 0.717) is 6.04 Å². The van der Waals surface area contributed by atoms with Crippen LogP contribution in [0.25, 0.3) is 0 Å². The number of nitrogens with one attached hydrogen (secondary N) is 1. The number of hydrogen-bond donors (Lipinski definition) is 1. The lowest BCUT2D eigenvalue weighted by molar-refractivity contribution is 0.221. The van der Waals surface area contributed by atoms with Gasteiger partial charge in [0.1, 0.15) is 0 Å². The summed E-state index contributed by atoms with van der Waals surface area (Å²) in [6.07, 6.45) is 1.39. The van der Waals surface area contributed by atoms with Gasteiger partial charge in [0.2, 0.25) is 0 Å². The van der Waals surface area contributed by atoms with E-state index in [1.54, 1.807) is 0 Å². The van der Waals surface area contributed by atoms with E-state index in [4.69, 9.17) is 0 Å². The first-order chi connectivity index (χ1) is 7.29. The highest BCUT2D eigenvalue weighted by molar-refractivity contribution is 4.83. The van der Waals surface area contributed by atoms with E-state index in [-0.39, 0.29) is 5.54 Å². The van der Waals surface area contributed by atoms with E-state index in [2.05, 4.69) is 51.8 Å². The van der Waals surface area contributed by atoms with Crippen molar-refractivity contribution in [1.82, 2.24) is 10.2 Å². The number of rotatable bonds is 4. The Morgan fingerprint density at radius 2 is 1.88 bits per heavy atom. The van der Waals surface area contributed by atoms with Gasteiger partial charge in [-0.1, -0.05) is 13.8 Å². The Labute approximate surface area is 102 Å². The molecule has 1 aliphatic rings. The lowest BCUT2D eigenvalue weighted by atomic mass is 9.95. The molecule has 2 atom stereocenters. The minimum atomic E-state index is 0.242. The fourth-order valence-corrected chi connectivity index (χ4v) is 2.34. The first-order valence-electron chi connectivity index (χ1n) is 6.78. The van der Waals surface area contributed by atoms with Gasteiger partial charge < -0.3 is 5.32 Å². The van der Waals surface area contributed by atoms with Gasteiger partial charge in [0.15, 0.2) is 0 Å². The molecule has 2 nitrogen and oxygen atoms in total. The van der Waals surface area contributed by atoms with E-state index in [1.165, 1.54) is 19.5 Å². The van der Waals surface area contributed by atoms with Crippen LogP contribution in [0.15, 0.2) is 0 Å². The van der Waals surface area contributed by atoms with E-state index in [0.717, 1.165) is 18.4 Å². The van der Waals surface area contributed by atoms with Gasteiger partial charge in [-0.25, -0.2) is 0 Å². The first kappa shape index (κ1) is 14.0. The zero-order chi connectivity index (χ0) is 12.3. The molecule has 2 unspecified atom stereocenters. The van der Waals surface area contributed by atoms with Crippen molar-refractivity contribution in [2.24, 2.45) is 11.8 Å². The minimum Gasteiger partial charge on any atom is -0.311 e. The molecule has 0 spiro atoms. The highest BCUT2D eigenvalue weighted by atomic mass is 15.2. The monoisotopic (exact) mass is 226 g/mol. The van der Waals surface area contributed by atoms with Crippen molar-refractivity contribution in [3.05, 3.63) is 0 Å².